The van der Waals surface area contributed by atoms with Crippen molar-refractivity contribution in [3.63, 3.8) is 0 Å². The van der Waals surface area contributed by atoms with E-state index in [0.717, 1.165) is 23.1 Å². The van der Waals surface area contributed by atoms with Crippen molar-refractivity contribution in [3.8, 4) is 0 Å². The highest BCUT2D eigenvalue weighted by molar-refractivity contribution is 9.10. The highest BCUT2D eigenvalue weighted by atomic mass is 79.9. The van der Waals surface area contributed by atoms with Crippen molar-refractivity contribution in [2.75, 3.05) is 6.54 Å². The zero-order valence-corrected chi connectivity index (χ0v) is 13.5. The molecular formula is C13H24BrN3O. The molecule has 1 heterocycles. The SMILES string of the molecule is CCCn1ncc(Br)c1C(C)(O)CNC(C)(C)C. The van der Waals surface area contributed by atoms with Gasteiger partial charge in [-0.15, -0.1) is 0 Å². The summed E-state index contributed by atoms with van der Waals surface area (Å²) in [7, 11) is 0. The average molecular weight is 318 g/mol. The highest BCUT2D eigenvalue weighted by Crippen LogP contribution is 2.28. The van der Waals surface area contributed by atoms with E-state index in [0.29, 0.717) is 6.54 Å². The van der Waals surface area contributed by atoms with Gasteiger partial charge in [0.05, 0.1) is 16.4 Å². The molecule has 0 aliphatic heterocycles. The highest BCUT2D eigenvalue weighted by Gasteiger charge is 2.31. The Kier molecular flexibility index (Phi) is 4.98. The number of halogens is 1. The molecule has 0 saturated heterocycles. The van der Waals surface area contributed by atoms with Crippen molar-refractivity contribution in [2.24, 2.45) is 0 Å². The average Bonchev–Trinajstić information content (AvgIpc) is 2.57. The van der Waals surface area contributed by atoms with Crippen LogP contribution < -0.4 is 5.32 Å². The summed E-state index contributed by atoms with van der Waals surface area (Å²) in [6.07, 6.45) is 2.74. The lowest BCUT2D eigenvalue weighted by Gasteiger charge is -2.30. The number of β-amino-alcohol motifs (C(OH)–C–C–N with tert-alkyl or cyclic N) is 1. The van der Waals surface area contributed by atoms with Crippen LogP contribution in [-0.2, 0) is 12.1 Å². The van der Waals surface area contributed by atoms with E-state index in [9.17, 15) is 5.11 Å². The van der Waals surface area contributed by atoms with Crippen LogP contribution in [0, 0.1) is 0 Å². The summed E-state index contributed by atoms with van der Waals surface area (Å²) in [5.74, 6) is 0. The van der Waals surface area contributed by atoms with Crippen LogP contribution in [0.5, 0.6) is 0 Å². The van der Waals surface area contributed by atoms with Crippen LogP contribution in [0.25, 0.3) is 0 Å². The zero-order chi connectivity index (χ0) is 14.0. The van der Waals surface area contributed by atoms with Crippen LogP contribution in [-0.4, -0.2) is 27.0 Å². The van der Waals surface area contributed by atoms with E-state index in [1.807, 2.05) is 11.6 Å². The predicted molar refractivity (Wildman–Crippen MR) is 77.5 cm³/mol. The fourth-order valence-corrected chi connectivity index (χ4v) is 2.52. The fraction of sp³-hybridized carbons (Fsp3) is 0.769. The van der Waals surface area contributed by atoms with Crippen LogP contribution >= 0.6 is 15.9 Å². The first-order valence-corrected chi connectivity index (χ1v) is 7.16. The van der Waals surface area contributed by atoms with Gasteiger partial charge < -0.3 is 10.4 Å². The van der Waals surface area contributed by atoms with E-state index in [4.69, 9.17) is 0 Å². The van der Waals surface area contributed by atoms with E-state index in [1.54, 1.807) is 6.20 Å². The van der Waals surface area contributed by atoms with Gasteiger partial charge >= 0.3 is 0 Å². The van der Waals surface area contributed by atoms with Gasteiger partial charge in [-0.1, -0.05) is 6.92 Å². The van der Waals surface area contributed by atoms with Crippen molar-refractivity contribution < 1.29 is 5.11 Å². The van der Waals surface area contributed by atoms with Gasteiger partial charge in [0, 0.05) is 18.6 Å². The molecule has 0 aliphatic rings. The molecule has 1 aromatic heterocycles. The van der Waals surface area contributed by atoms with Gasteiger partial charge in [0.2, 0.25) is 0 Å². The predicted octanol–water partition coefficient (Wildman–Crippen LogP) is 2.65. The molecule has 5 heteroatoms. The Morgan fingerprint density at radius 3 is 2.50 bits per heavy atom. The van der Waals surface area contributed by atoms with Crippen molar-refractivity contribution in [2.45, 2.75) is 58.7 Å². The molecule has 0 saturated carbocycles. The minimum absolute atomic E-state index is 0.0218. The van der Waals surface area contributed by atoms with E-state index < -0.39 is 5.60 Å². The Morgan fingerprint density at radius 2 is 2.00 bits per heavy atom. The molecule has 104 valence electrons. The quantitative estimate of drug-likeness (QED) is 0.877. The third kappa shape index (κ3) is 4.07. The van der Waals surface area contributed by atoms with Crippen molar-refractivity contribution in [1.82, 2.24) is 15.1 Å². The molecule has 0 aliphatic carbocycles. The number of nitrogens with zero attached hydrogens (tertiary/aromatic N) is 2. The molecule has 1 aromatic rings. The largest absolute Gasteiger partial charge is 0.382 e. The lowest BCUT2D eigenvalue weighted by Crippen LogP contribution is -2.45. The van der Waals surface area contributed by atoms with Crippen LogP contribution in [0.4, 0.5) is 0 Å². The molecule has 0 aromatic carbocycles. The zero-order valence-electron chi connectivity index (χ0n) is 11.9. The molecule has 4 nitrogen and oxygen atoms in total. The van der Waals surface area contributed by atoms with E-state index in [1.165, 1.54) is 0 Å². The van der Waals surface area contributed by atoms with Crippen LogP contribution in [0.15, 0.2) is 10.7 Å². The molecular weight excluding hydrogens is 294 g/mol. The Labute approximate surface area is 118 Å². The molecule has 0 spiro atoms. The maximum atomic E-state index is 10.7. The minimum Gasteiger partial charge on any atom is -0.382 e. The molecule has 0 fully saturated rings. The number of nitrogens with one attached hydrogen (secondary N) is 1. The number of aromatic nitrogens is 2. The Hall–Kier alpha value is -0.390. The van der Waals surface area contributed by atoms with Crippen LogP contribution in [0.2, 0.25) is 0 Å². The third-order valence-corrected chi connectivity index (χ3v) is 3.28. The molecule has 0 radical (unpaired) electrons. The molecule has 1 unspecified atom stereocenters. The normalized spacial score (nSPS) is 15.7. The summed E-state index contributed by atoms with van der Waals surface area (Å²) in [5.41, 5.74) is -0.134. The van der Waals surface area contributed by atoms with Gasteiger partial charge in [0.1, 0.15) is 5.60 Å². The second-order valence-electron chi connectivity index (χ2n) is 5.94. The topological polar surface area (TPSA) is 50.1 Å². The van der Waals surface area contributed by atoms with Crippen LogP contribution in [0.3, 0.4) is 0 Å². The second kappa shape index (κ2) is 5.72. The van der Waals surface area contributed by atoms with Gasteiger partial charge in [-0.2, -0.15) is 5.10 Å². The minimum atomic E-state index is -0.947. The molecule has 1 rings (SSSR count). The summed E-state index contributed by atoms with van der Waals surface area (Å²) < 4.78 is 2.73. The summed E-state index contributed by atoms with van der Waals surface area (Å²) in [4.78, 5) is 0. The number of hydrogen-bond acceptors (Lipinski definition) is 3. The third-order valence-electron chi connectivity index (χ3n) is 2.70. The van der Waals surface area contributed by atoms with Gasteiger partial charge in [0.25, 0.3) is 0 Å². The van der Waals surface area contributed by atoms with Gasteiger partial charge in [-0.25, -0.2) is 0 Å². The summed E-state index contributed by atoms with van der Waals surface area (Å²) >= 11 is 3.47. The van der Waals surface area contributed by atoms with Gasteiger partial charge in [-0.05, 0) is 50.0 Å². The Morgan fingerprint density at radius 1 is 1.39 bits per heavy atom. The lowest BCUT2D eigenvalue weighted by molar-refractivity contribution is 0.0402. The van der Waals surface area contributed by atoms with Gasteiger partial charge in [-0.3, -0.25) is 4.68 Å². The number of aliphatic hydroxyl groups is 1. The maximum absolute atomic E-state index is 10.7. The number of aryl methyl sites for hydroxylation is 1. The fourth-order valence-electron chi connectivity index (χ4n) is 1.80. The monoisotopic (exact) mass is 317 g/mol. The molecule has 18 heavy (non-hydrogen) atoms. The van der Waals surface area contributed by atoms with E-state index in [-0.39, 0.29) is 5.54 Å². The Balaban J connectivity index is 2.92. The Bertz CT molecular complexity index is 393. The summed E-state index contributed by atoms with van der Waals surface area (Å²) in [5, 5.41) is 18.3. The second-order valence-corrected chi connectivity index (χ2v) is 6.80. The maximum Gasteiger partial charge on any atom is 0.117 e. The molecule has 0 bridgehead atoms. The first-order chi connectivity index (χ1) is 8.17. The van der Waals surface area contributed by atoms with Crippen molar-refractivity contribution in [1.29, 1.82) is 0 Å². The molecule has 0 amide bonds. The standard InChI is InChI=1S/C13H24BrN3O/c1-6-7-17-11(10(14)8-16-17)13(5,18)9-15-12(2,3)4/h8,15,18H,6-7,9H2,1-5H3. The van der Waals surface area contributed by atoms with Crippen molar-refractivity contribution >= 4 is 15.9 Å². The van der Waals surface area contributed by atoms with Gasteiger partial charge in [0.15, 0.2) is 0 Å². The first kappa shape index (κ1) is 15.7. The van der Waals surface area contributed by atoms with E-state index >= 15 is 0 Å². The van der Waals surface area contributed by atoms with Crippen LogP contribution in [0.1, 0.15) is 46.7 Å². The van der Waals surface area contributed by atoms with E-state index in [2.05, 4.69) is 54.0 Å². The number of rotatable bonds is 5. The number of hydrogen-bond donors (Lipinski definition) is 2. The smallest absolute Gasteiger partial charge is 0.117 e. The molecule has 2 N–H and O–H groups in total. The van der Waals surface area contributed by atoms with Crippen molar-refractivity contribution in [3.05, 3.63) is 16.4 Å². The molecule has 1 atom stereocenters. The lowest BCUT2D eigenvalue weighted by atomic mass is 10.00. The summed E-state index contributed by atoms with van der Waals surface area (Å²) in [6.45, 7) is 11.5. The first-order valence-electron chi connectivity index (χ1n) is 6.36. The summed E-state index contributed by atoms with van der Waals surface area (Å²) in [6, 6.07) is 0.